The lowest BCUT2D eigenvalue weighted by Gasteiger charge is -2.03. The van der Waals surface area contributed by atoms with Gasteiger partial charge in [-0.05, 0) is 23.8 Å². The lowest BCUT2D eigenvalue weighted by atomic mass is 10.2. The van der Waals surface area contributed by atoms with Gasteiger partial charge in [0.1, 0.15) is 0 Å². The van der Waals surface area contributed by atoms with Crippen molar-refractivity contribution in [2.45, 2.75) is 11.3 Å². The molecule has 0 saturated heterocycles. The predicted octanol–water partition coefficient (Wildman–Crippen LogP) is 1.05. The number of carbonyl (C=O) groups is 1. The maximum Gasteiger partial charge on any atom is 0.307 e. The van der Waals surface area contributed by atoms with Gasteiger partial charge in [0.15, 0.2) is 21.2 Å². The van der Waals surface area contributed by atoms with Crippen LogP contribution in [0.1, 0.15) is 5.56 Å². The summed E-state index contributed by atoms with van der Waals surface area (Å²) < 4.78 is 41.5. The van der Waals surface area contributed by atoms with Gasteiger partial charge in [-0.1, -0.05) is 0 Å². The third-order valence-electron chi connectivity index (χ3n) is 1.74. The van der Waals surface area contributed by atoms with E-state index in [0.717, 1.165) is 12.1 Å². The molecule has 0 atom stereocenters. The molecule has 0 saturated carbocycles. The highest BCUT2D eigenvalue weighted by atomic mass is 127. The monoisotopic (exact) mass is 358 g/mol. The minimum atomic E-state index is -4.37. The molecule has 0 amide bonds. The summed E-state index contributed by atoms with van der Waals surface area (Å²) in [6.07, 6.45) is -0.430. The highest BCUT2D eigenvalue weighted by Gasteiger charge is 2.14. The maximum atomic E-state index is 10.8. The second-order valence-electron chi connectivity index (χ2n) is 2.88. The van der Waals surface area contributed by atoms with E-state index in [1.54, 1.807) is 0 Å². The zero-order chi connectivity index (χ0) is 12.3. The van der Waals surface area contributed by atoms with Crippen molar-refractivity contribution in [2.24, 2.45) is 0 Å². The Balaban J connectivity index is 3.32. The van der Waals surface area contributed by atoms with Gasteiger partial charge in [-0.25, -0.2) is 0 Å². The maximum absolute atomic E-state index is 10.8. The summed E-state index contributed by atoms with van der Waals surface area (Å²) in [6, 6.07) is 3.37. The van der Waals surface area contributed by atoms with E-state index in [2.05, 4.69) is 0 Å². The summed E-state index contributed by atoms with van der Waals surface area (Å²) in [7, 11) is -4.37. The fraction of sp³-hybridized carbons (Fsp3) is 0.125. The molecule has 0 aliphatic rings. The Kier molecular flexibility index (Phi) is 4.10. The first-order chi connectivity index (χ1) is 7.34. The van der Waals surface area contributed by atoms with Crippen LogP contribution in [0, 0.1) is 3.57 Å². The average molecular weight is 358 g/mol. The Morgan fingerprint density at radius 2 is 2.00 bits per heavy atom. The van der Waals surface area contributed by atoms with Gasteiger partial charge < -0.3 is 5.11 Å². The molecular formula is C8H7IO6S. The van der Waals surface area contributed by atoms with Crippen molar-refractivity contribution >= 4 is 37.3 Å². The number of carboxylic acid groups (broad SMARTS) is 1. The average Bonchev–Trinajstić information content (AvgIpc) is 2.15. The molecular weight excluding hydrogens is 351 g/mol. The molecule has 0 aliphatic carbocycles. The predicted molar refractivity (Wildman–Crippen MR) is 61.0 cm³/mol. The summed E-state index contributed by atoms with van der Waals surface area (Å²) in [5, 5.41) is 8.58. The van der Waals surface area contributed by atoms with Crippen molar-refractivity contribution in [1.29, 1.82) is 0 Å². The van der Waals surface area contributed by atoms with E-state index < -0.39 is 48.6 Å². The molecule has 0 unspecified atom stereocenters. The lowest BCUT2D eigenvalue weighted by Crippen LogP contribution is -2.05. The summed E-state index contributed by atoms with van der Waals surface area (Å²) in [5.74, 6) is -1.16. The van der Waals surface area contributed by atoms with Crippen LogP contribution in [0.25, 0.3) is 0 Å². The highest BCUT2D eigenvalue weighted by molar-refractivity contribution is 14.1. The third-order valence-corrected chi connectivity index (χ3v) is 4.12. The van der Waals surface area contributed by atoms with Gasteiger partial charge in [0, 0.05) is 0 Å². The van der Waals surface area contributed by atoms with Crippen molar-refractivity contribution in [3.8, 4) is 0 Å². The van der Waals surface area contributed by atoms with Crippen LogP contribution in [0.3, 0.4) is 0 Å². The second-order valence-corrected chi connectivity index (χ2v) is 5.90. The van der Waals surface area contributed by atoms with Crippen LogP contribution in [0.2, 0.25) is 0 Å². The number of carboxylic acids is 1. The van der Waals surface area contributed by atoms with Crippen molar-refractivity contribution in [1.82, 2.24) is 0 Å². The number of aliphatic carboxylic acids is 1. The van der Waals surface area contributed by atoms with Crippen LogP contribution in [0.5, 0.6) is 0 Å². The Morgan fingerprint density at radius 3 is 2.44 bits per heavy atom. The van der Waals surface area contributed by atoms with Crippen LogP contribution < -0.4 is 0 Å². The standard InChI is InChI=1S/C8H7IO6S/c10-8(11)4-5-3-6(16(13,14)15)1-2-7(5)9-12/h1-3H,4H2,(H,10,11)(H,13,14,15). The number of rotatable bonds is 4. The summed E-state index contributed by atoms with van der Waals surface area (Å²) >= 11 is -1.58. The topological polar surface area (TPSA) is 109 Å². The third kappa shape index (κ3) is 3.32. The number of benzene rings is 1. The molecule has 2 N–H and O–H groups in total. The smallest absolute Gasteiger partial charge is 0.307 e. The quantitative estimate of drug-likeness (QED) is 0.615. The molecule has 0 spiro atoms. The Labute approximate surface area is 102 Å². The van der Waals surface area contributed by atoms with Crippen LogP contribution in [0.4, 0.5) is 0 Å². The SMILES string of the molecule is O=Ic1ccc(S(=O)(=O)O)cc1CC(=O)O. The molecule has 6 nitrogen and oxygen atoms in total. The zero-order valence-electron chi connectivity index (χ0n) is 7.75. The molecule has 16 heavy (non-hydrogen) atoms. The summed E-state index contributed by atoms with van der Waals surface area (Å²) in [4.78, 5) is 10.1. The number of hydrogen-bond donors (Lipinski definition) is 2. The highest BCUT2D eigenvalue weighted by Crippen LogP contribution is 2.20. The number of halogens is 1. The molecule has 0 fully saturated rings. The minimum Gasteiger partial charge on any atom is -0.481 e. The fourth-order valence-corrected chi connectivity index (χ4v) is 2.57. The number of hydrogen-bond acceptors (Lipinski definition) is 4. The molecule has 0 radical (unpaired) electrons. The normalized spacial score (nSPS) is 11.3. The molecule has 0 bridgehead atoms. The zero-order valence-corrected chi connectivity index (χ0v) is 10.7. The molecule has 1 rings (SSSR count). The van der Waals surface area contributed by atoms with E-state index in [1.165, 1.54) is 6.07 Å². The first-order valence-electron chi connectivity index (χ1n) is 3.94. The van der Waals surface area contributed by atoms with Gasteiger partial charge in [-0.15, -0.1) is 0 Å². The van der Waals surface area contributed by atoms with E-state index >= 15 is 0 Å². The Hall–Kier alpha value is -0.870. The Bertz CT molecular complexity index is 535. The molecule has 1 aromatic rings. The van der Waals surface area contributed by atoms with Crippen molar-refractivity contribution in [3.63, 3.8) is 0 Å². The molecule has 1 aromatic carbocycles. The molecule has 0 heterocycles. The molecule has 0 aliphatic heterocycles. The van der Waals surface area contributed by atoms with E-state index in [1.807, 2.05) is 0 Å². The first kappa shape index (κ1) is 13.2. The van der Waals surface area contributed by atoms with E-state index in [4.69, 9.17) is 9.66 Å². The molecule has 8 heteroatoms. The van der Waals surface area contributed by atoms with Gasteiger partial charge in [0.25, 0.3) is 10.1 Å². The van der Waals surface area contributed by atoms with Gasteiger partial charge in [-0.2, -0.15) is 8.42 Å². The molecule has 88 valence electrons. The van der Waals surface area contributed by atoms with Crippen LogP contribution in [0.15, 0.2) is 23.1 Å². The second kappa shape index (κ2) is 4.97. The minimum absolute atomic E-state index is 0.144. The van der Waals surface area contributed by atoms with E-state index in [9.17, 15) is 16.3 Å². The summed E-state index contributed by atoms with van der Waals surface area (Å²) in [6.45, 7) is 0. The van der Waals surface area contributed by atoms with E-state index in [0.29, 0.717) is 3.57 Å². The van der Waals surface area contributed by atoms with Crippen molar-refractivity contribution < 1.29 is 25.9 Å². The fourth-order valence-electron chi connectivity index (χ4n) is 1.09. The van der Waals surface area contributed by atoms with Crippen LogP contribution >= 0.6 is 21.2 Å². The van der Waals surface area contributed by atoms with Gasteiger partial charge >= 0.3 is 5.97 Å². The lowest BCUT2D eigenvalue weighted by molar-refractivity contribution is -0.136. The summed E-state index contributed by atoms with van der Waals surface area (Å²) in [5.41, 5.74) is 0.144. The van der Waals surface area contributed by atoms with Gasteiger partial charge in [-0.3, -0.25) is 12.4 Å². The van der Waals surface area contributed by atoms with Crippen molar-refractivity contribution in [3.05, 3.63) is 27.3 Å². The van der Waals surface area contributed by atoms with Gasteiger partial charge in [0.2, 0.25) is 0 Å². The molecule has 0 aromatic heterocycles. The Morgan fingerprint density at radius 1 is 1.38 bits per heavy atom. The van der Waals surface area contributed by atoms with Crippen LogP contribution in [-0.2, 0) is 24.4 Å². The van der Waals surface area contributed by atoms with E-state index in [-0.39, 0.29) is 5.56 Å². The largest absolute Gasteiger partial charge is 0.481 e. The van der Waals surface area contributed by atoms with Crippen LogP contribution in [-0.4, -0.2) is 24.0 Å². The van der Waals surface area contributed by atoms with Gasteiger partial charge in [0.05, 0.1) is 14.9 Å². The van der Waals surface area contributed by atoms with Crippen molar-refractivity contribution in [2.75, 3.05) is 0 Å². The first-order valence-corrected chi connectivity index (χ1v) is 7.34.